The molecule has 0 aliphatic carbocycles. The van der Waals surface area contributed by atoms with E-state index >= 15 is 0 Å². The topological polar surface area (TPSA) is 58.4 Å². The van der Waals surface area contributed by atoms with Crippen molar-refractivity contribution in [3.8, 4) is 0 Å². The highest BCUT2D eigenvalue weighted by Crippen LogP contribution is 2.03. The minimum absolute atomic E-state index is 0.633. The molecule has 0 aliphatic heterocycles. The third-order valence-electron chi connectivity index (χ3n) is 2.35. The Morgan fingerprint density at radius 1 is 1.25 bits per heavy atom. The van der Waals surface area contributed by atoms with Crippen molar-refractivity contribution in [1.29, 1.82) is 0 Å². The largest absolute Gasteiger partial charge is 0.357 e. The lowest BCUT2D eigenvalue weighted by Gasteiger charge is -2.21. The maximum atomic E-state index is 10.1. The number of nitrogens with two attached hydrogens (primary N) is 1. The number of amides is 1. The summed E-state index contributed by atoms with van der Waals surface area (Å²) in [6, 6.07) is 10.2. The third-order valence-corrected chi connectivity index (χ3v) is 2.35. The van der Waals surface area contributed by atoms with E-state index in [1.54, 1.807) is 0 Å². The predicted octanol–water partition coefficient (Wildman–Crippen LogP) is 0.193. The smallest absolute Gasteiger partial charge is 0.207 e. The van der Waals surface area contributed by atoms with Crippen LogP contribution >= 0.6 is 0 Å². The van der Waals surface area contributed by atoms with Crippen LogP contribution in [0.3, 0.4) is 0 Å². The summed E-state index contributed by atoms with van der Waals surface area (Å²) >= 11 is 0. The van der Waals surface area contributed by atoms with Crippen LogP contribution in [0.4, 0.5) is 0 Å². The summed E-state index contributed by atoms with van der Waals surface area (Å²) < 4.78 is 0. The Balaban J connectivity index is 2.40. The van der Waals surface area contributed by atoms with E-state index < -0.39 is 0 Å². The molecule has 1 aromatic rings. The van der Waals surface area contributed by atoms with Crippen molar-refractivity contribution in [1.82, 2.24) is 10.2 Å². The maximum absolute atomic E-state index is 10.1. The van der Waals surface area contributed by atoms with Gasteiger partial charge < -0.3 is 11.1 Å². The van der Waals surface area contributed by atoms with Gasteiger partial charge in [-0.1, -0.05) is 30.3 Å². The zero-order valence-electron chi connectivity index (χ0n) is 9.43. The van der Waals surface area contributed by atoms with Gasteiger partial charge in [-0.2, -0.15) is 0 Å². The molecular formula is C12H19N3O. The van der Waals surface area contributed by atoms with Gasteiger partial charge >= 0.3 is 0 Å². The Kier molecular flexibility index (Phi) is 6.22. The fourth-order valence-electron chi connectivity index (χ4n) is 1.58. The van der Waals surface area contributed by atoms with Crippen LogP contribution in [0.1, 0.15) is 5.56 Å². The zero-order valence-corrected chi connectivity index (χ0v) is 9.43. The Bertz CT molecular complexity index is 290. The number of nitrogens with zero attached hydrogens (tertiary/aromatic N) is 1. The number of carbonyl (C=O) groups excluding carboxylic acids is 1. The van der Waals surface area contributed by atoms with Crippen LogP contribution in [-0.2, 0) is 11.3 Å². The highest BCUT2D eigenvalue weighted by atomic mass is 16.1. The number of hydrogen-bond acceptors (Lipinski definition) is 3. The second-order valence-electron chi connectivity index (χ2n) is 3.62. The van der Waals surface area contributed by atoms with Crippen molar-refractivity contribution in [2.75, 3.05) is 26.2 Å². The summed E-state index contributed by atoms with van der Waals surface area (Å²) in [6.45, 7) is 3.84. The van der Waals surface area contributed by atoms with Gasteiger partial charge in [0, 0.05) is 32.7 Å². The number of rotatable bonds is 8. The van der Waals surface area contributed by atoms with Crippen molar-refractivity contribution < 1.29 is 4.79 Å². The molecule has 0 fully saturated rings. The average Bonchev–Trinajstić information content (AvgIpc) is 2.31. The molecule has 0 spiro atoms. The zero-order chi connectivity index (χ0) is 11.6. The van der Waals surface area contributed by atoms with Crippen LogP contribution in [0.25, 0.3) is 0 Å². The van der Waals surface area contributed by atoms with Gasteiger partial charge in [-0.05, 0) is 5.56 Å². The average molecular weight is 221 g/mol. The molecule has 16 heavy (non-hydrogen) atoms. The minimum atomic E-state index is 0.633. The molecule has 0 heterocycles. The summed E-state index contributed by atoms with van der Waals surface area (Å²) in [4.78, 5) is 12.4. The van der Waals surface area contributed by atoms with Gasteiger partial charge in [0.2, 0.25) is 6.41 Å². The van der Waals surface area contributed by atoms with Gasteiger partial charge in [-0.15, -0.1) is 0 Å². The highest BCUT2D eigenvalue weighted by Gasteiger charge is 2.03. The third kappa shape index (κ3) is 4.91. The first kappa shape index (κ1) is 12.7. The van der Waals surface area contributed by atoms with Gasteiger partial charge in [0.15, 0.2) is 0 Å². The molecule has 0 saturated heterocycles. The lowest BCUT2D eigenvalue weighted by Crippen LogP contribution is -2.34. The van der Waals surface area contributed by atoms with Gasteiger partial charge in [-0.25, -0.2) is 0 Å². The molecule has 0 radical (unpaired) electrons. The molecule has 1 amide bonds. The first-order valence-corrected chi connectivity index (χ1v) is 5.50. The van der Waals surface area contributed by atoms with E-state index in [0.29, 0.717) is 13.1 Å². The Morgan fingerprint density at radius 3 is 2.62 bits per heavy atom. The van der Waals surface area contributed by atoms with Gasteiger partial charge in [0.05, 0.1) is 0 Å². The maximum Gasteiger partial charge on any atom is 0.207 e. The Morgan fingerprint density at radius 2 is 2.00 bits per heavy atom. The van der Waals surface area contributed by atoms with Crippen LogP contribution in [0.5, 0.6) is 0 Å². The molecule has 0 saturated carbocycles. The molecule has 4 nitrogen and oxygen atoms in total. The summed E-state index contributed by atoms with van der Waals surface area (Å²) in [5, 5.41) is 2.66. The molecule has 0 aliphatic rings. The summed E-state index contributed by atoms with van der Waals surface area (Å²) in [5.41, 5.74) is 6.82. The van der Waals surface area contributed by atoms with Crippen LogP contribution in [0, 0.1) is 0 Å². The molecule has 0 unspecified atom stereocenters. The van der Waals surface area contributed by atoms with Crippen molar-refractivity contribution >= 4 is 6.41 Å². The molecule has 0 bridgehead atoms. The number of nitrogens with one attached hydrogen (secondary N) is 1. The van der Waals surface area contributed by atoms with Crippen molar-refractivity contribution in [2.45, 2.75) is 6.54 Å². The molecule has 88 valence electrons. The second kappa shape index (κ2) is 7.84. The van der Waals surface area contributed by atoms with Crippen LogP contribution in [0.2, 0.25) is 0 Å². The normalized spacial score (nSPS) is 10.4. The molecular weight excluding hydrogens is 202 g/mol. The van der Waals surface area contributed by atoms with Crippen molar-refractivity contribution in [3.63, 3.8) is 0 Å². The van der Waals surface area contributed by atoms with Crippen LogP contribution in [-0.4, -0.2) is 37.5 Å². The summed E-state index contributed by atoms with van der Waals surface area (Å²) in [6.07, 6.45) is 0.725. The molecule has 4 heteroatoms. The Hall–Kier alpha value is -1.39. The second-order valence-corrected chi connectivity index (χ2v) is 3.62. The van der Waals surface area contributed by atoms with Crippen molar-refractivity contribution in [2.24, 2.45) is 5.73 Å². The highest BCUT2D eigenvalue weighted by molar-refractivity contribution is 5.45. The number of hydrogen-bond donors (Lipinski definition) is 2. The minimum Gasteiger partial charge on any atom is -0.357 e. The SMILES string of the molecule is NCCN(CCNC=O)Cc1ccccc1. The first-order chi connectivity index (χ1) is 7.86. The van der Waals surface area contributed by atoms with Crippen LogP contribution < -0.4 is 11.1 Å². The van der Waals surface area contributed by atoms with E-state index in [2.05, 4.69) is 22.3 Å². The standard InChI is InChI=1S/C12H19N3O/c13-6-8-15(9-7-14-11-16)10-12-4-2-1-3-5-12/h1-5,11H,6-10,13H2,(H,14,16). The van der Waals surface area contributed by atoms with E-state index in [-0.39, 0.29) is 0 Å². The predicted molar refractivity (Wildman–Crippen MR) is 64.8 cm³/mol. The molecule has 1 rings (SSSR count). The van der Waals surface area contributed by atoms with Crippen LogP contribution in [0.15, 0.2) is 30.3 Å². The molecule has 0 aromatic heterocycles. The van der Waals surface area contributed by atoms with E-state index in [9.17, 15) is 4.79 Å². The van der Waals surface area contributed by atoms with E-state index in [0.717, 1.165) is 26.0 Å². The molecule has 3 N–H and O–H groups in total. The van der Waals surface area contributed by atoms with Crippen molar-refractivity contribution in [3.05, 3.63) is 35.9 Å². The fourth-order valence-corrected chi connectivity index (χ4v) is 1.58. The Labute approximate surface area is 96.4 Å². The van der Waals surface area contributed by atoms with Gasteiger partial charge in [0.25, 0.3) is 0 Å². The fraction of sp³-hybridized carbons (Fsp3) is 0.417. The van der Waals surface area contributed by atoms with E-state index in [1.807, 2.05) is 18.2 Å². The quantitative estimate of drug-likeness (QED) is 0.487. The lowest BCUT2D eigenvalue weighted by atomic mass is 10.2. The number of benzene rings is 1. The van der Waals surface area contributed by atoms with Gasteiger partial charge in [-0.3, -0.25) is 9.69 Å². The monoisotopic (exact) mass is 221 g/mol. The number of carbonyl (C=O) groups is 1. The first-order valence-electron chi connectivity index (χ1n) is 5.50. The van der Waals surface area contributed by atoms with Gasteiger partial charge in [0.1, 0.15) is 0 Å². The molecule has 1 aromatic carbocycles. The summed E-state index contributed by atoms with van der Waals surface area (Å²) in [7, 11) is 0. The summed E-state index contributed by atoms with van der Waals surface area (Å²) in [5.74, 6) is 0. The van der Waals surface area contributed by atoms with E-state index in [1.165, 1.54) is 5.56 Å². The molecule has 0 atom stereocenters. The lowest BCUT2D eigenvalue weighted by molar-refractivity contribution is -0.109. The van der Waals surface area contributed by atoms with E-state index in [4.69, 9.17) is 5.73 Å².